The zero-order valence-electron chi connectivity index (χ0n) is 13.7. The van der Waals surface area contributed by atoms with Gasteiger partial charge in [0.05, 0.1) is 26.7 Å². The van der Waals surface area contributed by atoms with Crippen LogP contribution >= 0.6 is 0 Å². The van der Waals surface area contributed by atoms with Gasteiger partial charge >= 0.3 is 0 Å². The molecule has 8 nitrogen and oxygen atoms in total. The molecule has 1 amide bonds. The average Bonchev–Trinajstić information content (AvgIpc) is 3.24. The number of methoxy groups -OCH3 is 2. The van der Waals surface area contributed by atoms with Crippen LogP contribution in [0.15, 0.2) is 22.7 Å². The molecule has 0 spiro atoms. The van der Waals surface area contributed by atoms with Crippen molar-refractivity contribution in [1.82, 2.24) is 15.0 Å². The van der Waals surface area contributed by atoms with Gasteiger partial charge in [-0.1, -0.05) is 5.16 Å². The van der Waals surface area contributed by atoms with Crippen LogP contribution in [0.25, 0.3) is 11.4 Å². The minimum atomic E-state index is -0.256. The zero-order chi connectivity index (χ0) is 17.1. The van der Waals surface area contributed by atoms with Gasteiger partial charge in [-0.05, 0) is 31.2 Å². The Morgan fingerprint density at radius 1 is 1.38 bits per heavy atom. The van der Waals surface area contributed by atoms with E-state index in [1.165, 1.54) is 0 Å². The Hall–Kier alpha value is -2.61. The van der Waals surface area contributed by atoms with Crippen LogP contribution in [0.3, 0.4) is 0 Å². The number of carbonyl (C=O) groups excluding carboxylic acids is 1. The Labute approximate surface area is 139 Å². The number of aromatic nitrogens is 2. The molecule has 128 valence electrons. The van der Waals surface area contributed by atoms with E-state index in [0.29, 0.717) is 36.3 Å². The number of benzene rings is 1. The predicted octanol–water partition coefficient (Wildman–Crippen LogP) is 1.06. The molecule has 0 radical (unpaired) electrons. The third-order valence-electron chi connectivity index (χ3n) is 4.14. The Morgan fingerprint density at radius 3 is 2.83 bits per heavy atom. The highest BCUT2D eigenvalue weighted by molar-refractivity contribution is 5.77. The molecule has 1 aliphatic heterocycles. The van der Waals surface area contributed by atoms with Crippen LogP contribution in [0.4, 0.5) is 0 Å². The molecule has 1 atom stereocenters. The van der Waals surface area contributed by atoms with Crippen molar-refractivity contribution in [2.24, 2.45) is 11.7 Å². The van der Waals surface area contributed by atoms with Crippen LogP contribution in [-0.4, -0.2) is 48.3 Å². The van der Waals surface area contributed by atoms with Crippen molar-refractivity contribution in [2.45, 2.75) is 13.0 Å². The molecule has 1 fully saturated rings. The van der Waals surface area contributed by atoms with Gasteiger partial charge in [0, 0.05) is 12.1 Å². The van der Waals surface area contributed by atoms with E-state index >= 15 is 0 Å². The number of nitrogens with zero attached hydrogens (tertiary/aromatic N) is 3. The maximum Gasteiger partial charge on any atom is 0.241 e. The maximum atomic E-state index is 11.2. The molecule has 1 aromatic carbocycles. The lowest BCUT2D eigenvalue weighted by Gasteiger charge is -2.11. The molecule has 3 rings (SSSR count). The number of likely N-dealkylation sites (tertiary alicyclic amines) is 1. The minimum absolute atomic E-state index is 0.0989. The summed E-state index contributed by atoms with van der Waals surface area (Å²) in [6, 6.07) is 5.43. The fraction of sp³-hybridized carbons (Fsp3) is 0.438. The standard InChI is InChI=1S/C16H20N4O4/c1-22-12-4-3-10(7-13(12)23-2)16-18-14(24-19-16)9-20-6-5-11(8-20)15(17)21/h3-4,7,11H,5-6,8-9H2,1-2H3,(H2,17,21)/t11-/m1/s1. The van der Waals surface area contributed by atoms with E-state index in [1.54, 1.807) is 26.4 Å². The number of ether oxygens (including phenoxy) is 2. The third kappa shape index (κ3) is 3.33. The first-order valence-electron chi connectivity index (χ1n) is 7.67. The average molecular weight is 332 g/mol. The van der Waals surface area contributed by atoms with E-state index in [9.17, 15) is 4.79 Å². The van der Waals surface area contributed by atoms with E-state index in [0.717, 1.165) is 18.5 Å². The number of nitrogens with two attached hydrogens (primary N) is 1. The highest BCUT2D eigenvalue weighted by Gasteiger charge is 2.27. The van der Waals surface area contributed by atoms with Crippen LogP contribution in [-0.2, 0) is 11.3 Å². The van der Waals surface area contributed by atoms with Crippen LogP contribution in [0.1, 0.15) is 12.3 Å². The lowest BCUT2D eigenvalue weighted by molar-refractivity contribution is -0.121. The monoisotopic (exact) mass is 332 g/mol. The molecule has 0 bridgehead atoms. The molecule has 8 heteroatoms. The first-order chi connectivity index (χ1) is 11.6. The Morgan fingerprint density at radius 2 is 2.17 bits per heavy atom. The van der Waals surface area contributed by atoms with Crippen molar-refractivity contribution >= 4 is 5.91 Å². The molecule has 0 saturated carbocycles. The summed E-state index contributed by atoms with van der Waals surface area (Å²) < 4.78 is 15.8. The van der Waals surface area contributed by atoms with E-state index in [1.807, 2.05) is 6.07 Å². The van der Waals surface area contributed by atoms with Gasteiger partial charge in [-0.25, -0.2) is 0 Å². The van der Waals surface area contributed by atoms with Crippen LogP contribution < -0.4 is 15.2 Å². The second kappa shape index (κ2) is 6.88. The van der Waals surface area contributed by atoms with Crippen molar-refractivity contribution in [3.8, 4) is 22.9 Å². The van der Waals surface area contributed by atoms with E-state index < -0.39 is 0 Å². The quantitative estimate of drug-likeness (QED) is 0.843. The van der Waals surface area contributed by atoms with Gasteiger partial charge in [0.15, 0.2) is 11.5 Å². The predicted molar refractivity (Wildman–Crippen MR) is 85.4 cm³/mol. The number of hydrogen-bond donors (Lipinski definition) is 1. The number of primary amides is 1. The molecule has 2 N–H and O–H groups in total. The molecule has 1 saturated heterocycles. The zero-order valence-corrected chi connectivity index (χ0v) is 13.7. The first kappa shape index (κ1) is 16.3. The fourth-order valence-electron chi connectivity index (χ4n) is 2.81. The second-order valence-electron chi connectivity index (χ2n) is 5.70. The number of rotatable bonds is 6. The summed E-state index contributed by atoms with van der Waals surface area (Å²) >= 11 is 0. The summed E-state index contributed by atoms with van der Waals surface area (Å²) in [4.78, 5) is 17.7. The number of hydrogen-bond acceptors (Lipinski definition) is 7. The molecular weight excluding hydrogens is 312 g/mol. The molecule has 24 heavy (non-hydrogen) atoms. The molecular formula is C16H20N4O4. The van der Waals surface area contributed by atoms with Gasteiger partial charge in [0.25, 0.3) is 0 Å². The molecule has 0 aliphatic carbocycles. The van der Waals surface area contributed by atoms with Crippen molar-refractivity contribution in [2.75, 3.05) is 27.3 Å². The van der Waals surface area contributed by atoms with E-state index in [-0.39, 0.29) is 11.8 Å². The summed E-state index contributed by atoms with van der Waals surface area (Å²) in [6.45, 7) is 1.93. The molecule has 2 aromatic rings. The van der Waals surface area contributed by atoms with Crippen LogP contribution in [0.2, 0.25) is 0 Å². The van der Waals surface area contributed by atoms with Gasteiger partial charge in [-0.2, -0.15) is 4.98 Å². The summed E-state index contributed by atoms with van der Waals surface area (Å²) in [5.41, 5.74) is 6.12. The second-order valence-corrected chi connectivity index (χ2v) is 5.70. The van der Waals surface area contributed by atoms with Gasteiger partial charge < -0.3 is 19.7 Å². The highest BCUT2D eigenvalue weighted by atomic mass is 16.5. The summed E-state index contributed by atoms with van der Waals surface area (Å²) in [6.07, 6.45) is 0.770. The van der Waals surface area contributed by atoms with Crippen LogP contribution in [0, 0.1) is 5.92 Å². The van der Waals surface area contributed by atoms with Crippen LogP contribution in [0.5, 0.6) is 11.5 Å². The van der Waals surface area contributed by atoms with Gasteiger partial charge in [-0.15, -0.1) is 0 Å². The summed E-state index contributed by atoms with van der Waals surface area (Å²) in [5.74, 6) is 1.87. The normalized spacial score (nSPS) is 17.8. The van der Waals surface area contributed by atoms with Crippen molar-refractivity contribution in [3.05, 3.63) is 24.1 Å². The Bertz CT molecular complexity index is 731. The SMILES string of the molecule is COc1ccc(-c2noc(CN3CC[C@@H](C(N)=O)C3)n2)cc1OC. The van der Waals surface area contributed by atoms with Crippen molar-refractivity contribution in [1.29, 1.82) is 0 Å². The summed E-state index contributed by atoms with van der Waals surface area (Å²) in [5, 5.41) is 4.01. The largest absolute Gasteiger partial charge is 0.493 e. The van der Waals surface area contributed by atoms with E-state index in [4.69, 9.17) is 19.7 Å². The molecule has 0 unspecified atom stereocenters. The highest BCUT2D eigenvalue weighted by Crippen LogP contribution is 2.31. The molecule has 1 aliphatic rings. The molecule has 1 aromatic heterocycles. The fourth-order valence-corrected chi connectivity index (χ4v) is 2.81. The van der Waals surface area contributed by atoms with Crippen molar-refractivity contribution in [3.63, 3.8) is 0 Å². The smallest absolute Gasteiger partial charge is 0.241 e. The summed E-state index contributed by atoms with van der Waals surface area (Å²) in [7, 11) is 3.16. The lowest BCUT2D eigenvalue weighted by atomic mass is 10.1. The topological polar surface area (TPSA) is 104 Å². The Balaban J connectivity index is 1.71. The van der Waals surface area contributed by atoms with Gasteiger partial charge in [-0.3, -0.25) is 9.69 Å². The lowest BCUT2D eigenvalue weighted by Crippen LogP contribution is -2.27. The molecule has 2 heterocycles. The number of amides is 1. The third-order valence-corrected chi connectivity index (χ3v) is 4.14. The van der Waals surface area contributed by atoms with Crippen molar-refractivity contribution < 1.29 is 18.8 Å². The van der Waals surface area contributed by atoms with E-state index in [2.05, 4.69) is 15.0 Å². The minimum Gasteiger partial charge on any atom is -0.493 e. The maximum absolute atomic E-state index is 11.2. The van der Waals surface area contributed by atoms with Gasteiger partial charge in [0.1, 0.15) is 0 Å². The van der Waals surface area contributed by atoms with Gasteiger partial charge in [0.2, 0.25) is 17.6 Å². The number of carbonyl (C=O) groups is 1. The first-order valence-corrected chi connectivity index (χ1v) is 7.67. The Kier molecular flexibility index (Phi) is 4.66.